The number of nitrogens with zero attached hydrogens (tertiary/aromatic N) is 5. The minimum atomic E-state index is 0.131. The van der Waals surface area contributed by atoms with Crippen molar-refractivity contribution in [2.45, 2.75) is 0 Å². The minimum absolute atomic E-state index is 0.131. The van der Waals surface area contributed by atoms with Crippen LogP contribution in [0.2, 0.25) is 0 Å². The number of azo groups is 1. The number of hydrogen-bond acceptors (Lipinski definition) is 5. The van der Waals surface area contributed by atoms with Gasteiger partial charge in [0.1, 0.15) is 17.6 Å². The van der Waals surface area contributed by atoms with Crippen molar-refractivity contribution in [1.29, 1.82) is 0 Å². The number of benzene rings is 3. The third-order valence-corrected chi connectivity index (χ3v) is 4.58. The third-order valence-electron chi connectivity index (χ3n) is 4.58. The monoisotopic (exact) mass is 365 g/mol. The molecule has 2 heterocycles. The van der Waals surface area contributed by atoms with Crippen LogP contribution in [-0.4, -0.2) is 19.6 Å². The van der Waals surface area contributed by atoms with Crippen molar-refractivity contribution in [2.24, 2.45) is 10.2 Å². The number of fused-ring (bicyclic) bond motifs is 2. The fraction of sp³-hybridized carbons (Fsp3) is 0. The van der Waals surface area contributed by atoms with E-state index in [1.807, 2.05) is 71.6 Å². The zero-order valence-corrected chi connectivity index (χ0v) is 14.8. The standard InChI is InChI=1S/C22H15N5O/c28-21-12-11-18(17-4-3-13-23-22(17)21)26-25-15-7-9-16(10-8-15)27-14-24-19-5-1-2-6-20(19)27/h1-14,28H. The Kier molecular flexibility index (Phi) is 3.80. The summed E-state index contributed by atoms with van der Waals surface area (Å²) in [6, 6.07) is 22.8. The second-order valence-corrected chi connectivity index (χ2v) is 6.32. The van der Waals surface area contributed by atoms with Crippen LogP contribution in [0.4, 0.5) is 11.4 Å². The summed E-state index contributed by atoms with van der Waals surface area (Å²) in [6.07, 6.45) is 3.46. The molecule has 0 spiro atoms. The Labute approximate surface area is 160 Å². The first-order chi connectivity index (χ1) is 13.8. The van der Waals surface area contributed by atoms with Crippen LogP contribution in [0.25, 0.3) is 27.6 Å². The van der Waals surface area contributed by atoms with Crippen LogP contribution in [-0.2, 0) is 0 Å². The van der Waals surface area contributed by atoms with Crippen LogP contribution in [0.3, 0.4) is 0 Å². The molecule has 134 valence electrons. The van der Waals surface area contributed by atoms with Gasteiger partial charge in [0.2, 0.25) is 0 Å². The molecule has 0 aliphatic heterocycles. The van der Waals surface area contributed by atoms with Gasteiger partial charge >= 0.3 is 0 Å². The molecule has 0 radical (unpaired) electrons. The molecule has 0 saturated heterocycles. The molecule has 2 aromatic heterocycles. The summed E-state index contributed by atoms with van der Waals surface area (Å²) in [5.41, 5.74) is 4.93. The number of hydrogen-bond donors (Lipinski definition) is 1. The van der Waals surface area contributed by atoms with Crippen molar-refractivity contribution in [2.75, 3.05) is 0 Å². The van der Waals surface area contributed by atoms with Gasteiger partial charge in [0.15, 0.2) is 0 Å². The number of para-hydroxylation sites is 2. The zero-order valence-electron chi connectivity index (χ0n) is 14.8. The van der Waals surface area contributed by atoms with E-state index in [0.717, 1.165) is 27.8 Å². The summed E-state index contributed by atoms with van der Waals surface area (Å²) >= 11 is 0. The lowest BCUT2D eigenvalue weighted by Crippen LogP contribution is -1.90. The quantitative estimate of drug-likeness (QED) is 0.417. The molecule has 0 fully saturated rings. The molecule has 28 heavy (non-hydrogen) atoms. The van der Waals surface area contributed by atoms with Crippen molar-refractivity contribution >= 4 is 33.3 Å². The van der Waals surface area contributed by atoms with Gasteiger partial charge in [0.05, 0.1) is 22.4 Å². The van der Waals surface area contributed by atoms with Gasteiger partial charge in [-0.2, -0.15) is 5.11 Å². The molecule has 0 aliphatic rings. The number of phenols is 1. The second-order valence-electron chi connectivity index (χ2n) is 6.32. The molecule has 0 unspecified atom stereocenters. The Morgan fingerprint density at radius 2 is 1.64 bits per heavy atom. The van der Waals surface area contributed by atoms with Crippen LogP contribution in [0, 0.1) is 0 Å². The van der Waals surface area contributed by atoms with Crippen LogP contribution >= 0.6 is 0 Å². The third kappa shape index (κ3) is 2.77. The van der Waals surface area contributed by atoms with Gasteiger partial charge in [-0.1, -0.05) is 12.1 Å². The van der Waals surface area contributed by atoms with Crippen LogP contribution in [0.15, 0.2) is 95.5 Å². The Morgan fingerprint density at radius 1 is 0.786 bits per heavy atom. The number of pyridine rings is 1. The summed E-state index contributed by atoms with van der Waals surface area (Å²) < 4.78 is 2.04. The highest BCUT2D eigenvalue weighted by molar-refractivity contribution is 5.93. The lowest BCUT2D eigenvalue weighted by Gasteiger charge is -2.04. The molecule has 0 atom stereocenters. The van der Waals surface area contributed by atoms with E-state index < -0.39 is 0 Å². The molecule has 5 rings (SSSR count). The molecule has 5 aromatic rings. The Balaban J connectivity index is 1.47. The highest BCUT2D eigenvalue weighted by Crippen LogP contribution is 2.32. The summed E-state index contributed by atoms with van der Waals surface area (Å²) in [4.78, 5) is 8.63. The van der Waals surface area contributed by atoms with E-state index >= 15 is 0 Å². The van der Waals surface area contributed by atoms with Gasteiger partial charge < -0.3 is 5.11 Å². The van der Waals surface area contributed by atoms with Crippen molar-refractivity contribution in [3.05, 3.63) is 85.3 Å². The first-order valence-electron chi connectivity index (χ1n) is 8.80. The molecule has 0 aliphatic carbocycles. The normalized spacial score (nSPS) is 11.6. The lowest BCUT2D eigenvalue weighted by atomic mass is 10.2. The fourth-order valence-electron chi connectivity index (χ4n) is 3.19. The summed E-state index contributed by atoms with van der Waals surface area (Å²) in [5.74, 6) is 0.131. The number of aromatic hydroxyl groups is 1. The Morgan fingerprint density at radius 3 is 2.54 bits per heavy atom. The van der Waals surface area contributed by atoms with Crippen LogP contribution < -0.4 is 0 Å². The topological polar surface area (TPSA) is 75.7 Å². The average Bonchev–Trinajstić information content (AvgIpc) is 3.18. The molecule has 6 nitrogen and oxygen atoms in total. The number of aromatic nitrogens is 3. The van der Waals surface area contributed by atoms with Crippen LogP contribution in [0.5, 0.6) is 5.75 Å². The summed E-state index contributed by atoms with van der Waals surface area (Å²) in [6.45, 7) is 0. The highest BCUT2D eigenvalue weighted by Gasteiger charge is 2.06. The summed E-state index contributed by atoms with van der Waals surface area (Å²) in [7, 11) is 0. The number of rotatable bonds is 3. The van der Waals surface area contributed by atoms with Gasteiger partial charge in [0, 0.05) is 17.3 Å². The Bertz CT molecular complexity index is 1320. The predicted octanol–water partition coefficient (Wildman–Crippen LogP) is 5.69. The van der Waals surface area contributed by atoms with E-state index in [9.17, 15) is 5.11 Å². The number of phenolic OH excluding ortho intramolecular Hbond substituents is 1. The maximum Gasteiger partial charge on any atom is 0.141 e. The molecule has 3 aromatic carbocycles. The second kappa shape index (κ2) is 6.59. The predicted molar refractivity (Wildman–Crippen MR) is 109 cm³/mol. The van der Waals surface area contributed by atoms with Gasteiger partial charge in [-0.15, -0.1) is 5.11 Å². The van der Waals surface area contributed by atoms with Gasteiger partial charge in [-0.25, -0.2) is 4.98 Å². The largest absolute Gasteiger partial charge is 0.506 e. The molecule has 0 amide bonds. The van der Waals surface area contributed by atoms with E-state index in [4.69, 9.17) is 0 Å². The first kappa shape index (κ1) is 16.1. The van der Waals surface area contributed by atoms with Gasteiger partial charge in [-0.3, -0.25) is 9.55 Å². The van der Waals surface area contributed by atoms with E-state index in [1.54, 1.807) is 18.3 Å². The summed E-state index contributed by atoms with van der Waals surface area (Å²) in [5, 5.41) is 19.4. The average molecular weight is 365 g/mol. The smallest absolute Gasteiger partial charge is 0.141 e. The molecular formula is C22H15N5O. The van der Waals surface area contributed by atoms with Crippen LogP contribution in [0.1, 0.15) is 0 Å². The molecule has 1 N–H and O–H groups in total. The van der Waals surface area contributed by atoms with E-state index in [1.165, 1.54) is 0 Å². The van der Waals surface area contributed by atoms with E-state index in [0.29, 0.717) is 11.2 Å². The van der Waals surface area contributed by atoms with E-state index in [2.05, 4.69) is 20.2 Å². The minimum Gasteiger partial charge on any atom is -0.506 e. The molecular weight excluding hydrogens is 350 g/mol. The van der Waals surface area contributed by atoms with Crippen molar-refractivity contribution in [3.8, 4) is 11.4 Å². The highest BCUT2D eigenvalue weighted by atomic mass is 16.3. The fourth-order valence-corrected chi connectivity index (χ4v) is 3.19. The molecule has 0 bridgehead atoms. The maximum absolute atomic E-state index is 9.93. The lowest BCUT2D eigenvalue weighted by molar-refractivity contribution is 0.480. The van der Waals surface area contributed by atoms with Crippen molar-refractivity contribution < 1.29 is 5.11 Å². The van der Waals surface area contributed by atoms with Gasteiger partial charge in [-0.05, 0) is 60.7 Å². The molecule has 6 heteroatoms. The van der Waals surface area contributed by atoms with Crippen molar-refractivity contribution in [1.82, 2.24) is 14.5 Å². The number of imidazole rings is 1. The SMILES string of the molecule is Oc1ccc(N=Nc2ccc(-n3cnc4ccccc43)cc2)c2cccnc12. The maximum atomic E-state index is 9.93. The zero-order chi connectivity index (χ0) is 18.9. The Hall–Kier alpha value is -4.06. The van der Waals surface area contributed by atoms with Gasteiger partial charge in [0.25, 0.3) is 0 Å². The first-order valence-corrected chi connectivity index (χ1v) is 8.80. The van der Waals surface area contributed by atoms with E-state index in [-0.39, 0.29) is 5.75 Å². The van der Waals surface area contributed by atoms with Crippen molar-refractivity contribution in [3.63, 3.8) is 0 Å². The molecule has 0 saturated carbocycles.